The highest BCUT2D eigenvalue weighted by atomic mass is 16.4. The van der Waals surface area contributed by atoms with Crippen LogP contribution in [0.1, 0.15) is 52.4 Å². The van der Waals surface area contributed by atoms with E-state index in [2.05, 4.69) is 0 Å². The van der Waals surface area contributed by atoms with Gasteiger partial charge >= 0.3 is 11.9 Å². The van der Waals surface area contributed by atoms with E-state index in [9.17, 15) is 9.59 Å². The first-order valence-electron chi connectivity index (χ1n) is 7.18. The van der Waals surface area contributed by atoms with Gasteiger partial charge in [-0.25, -0.2) is 0 Å². The highest BCUT2D eigenvalue weighted by Gasteiger charge is 2.36. The first-order chi connectivity index (χ1) is 9.30. The summed E-state index contributed by atoms with van der Waals surface area (Å²) < 4.78 is 0. The van der Waals surface area contributed by atoms with Crippen LogP contribution in [-0.2, 0) is 9.59 Å². The van der Waals surface area contributed by atoms with Crippen LogP contribution in [0.25, 0.3) is 0 Å². The molecule has 0 amide bonds. The van der Waals surface area contributed by atoms with E-state index in [1.54, 1.807) is 0 Å². The number of hydrogen-bond acceptors (Lipinski definition) is 2. The molecule has 2 aliphatic rings. The van der Waals surface area contributed by atoms with Gasteiger partial charge in [-0.2, -0.15) is 0 Å². The van der Waals surface area contributed by atoms with Crippen molar-refractivity contribution in [1.29, 1.82) is 0 Å². The van der Waals surface area contributed by atoms with Crippen LogP contribution >= 0.6 is 0 Å². The molecule has 20 heavy (non-hydrogen) atoms. The van der Waals surface area contributed by atoms with Crippen LogP contribution in [0, 0.1) is 10.8 Å². The van der Waals surface area contributed by atoms with Crippen LogP contribution in [-0.4, -0.2) is 22.2 Å². The molecule has 0 aromatic carbocycles. The molecule has 0 radical (unpaired) electrons. The van der Waals surface area contributed by atoms with Gasteiger partial charge in [0, 0.05) is 0 Å². The quantitative estimate of drug-likeness (QED) is 0.757. The number of carbonyl (C=O) groups is 2. The molecular weight excluding hydrogens is 256 g/mol. The van der Waals surface area contributed by atoms with Gasteiger partial charge in [-0.15, -0.1) is 0 Å². The van der Waals surface area contributed by atoms with Gasteiger partial charge in [0.25, 0.3) is 0 Å². The lowest BCUT2D eigenvalue weighted by Gasteiger charge is -2.26. The van der Waals surface area contributed by atoms with Crippen LogP contribution in [0.15, 0.2) is 24.3 Å². The van der Waals surface area contributed by atoms with Crippen molar-refractivity contribution in [3.05, 3.63) is 24.3 Å². The van der Waals surface area contributed by atoms with E-state index in [0.29, 0.717) is 0 Å². The predicted molar refractivity (Wildman–Crippen MR) is 77.5 cm³/mol. The summed E-state index contributed by atoms with van der Waals surface area (Å²) in [7, 11) is 0. The molecule has 0 bridgehead atoms. The smallest absolute Gasteiger partial charge is 0.317 e. The average molecular weight is 280 g/mol. The Morgan fingerprint density at radius 3 is 1.05 bits per heavy atom. The number of aliphatic carboxylic acids is 2. The van der Waals surface area contributed by atoms with Gasteiger partial charge in [-0.3, -0.25) is 9.59 Å². The molecule has 1 saturated carbocycles. The minimum Gasteiger partial charge on any atom is -0.480 e. The van der Waals surface area contributed by atoms with Gasteiger partial charge in [0.15, 0.2) is 0 Å². The number of carboxylic acid groups (broad SMARTS) is 2. The zero-order valence-electron chi connectivity index (χ0n) is 12.3. The highest BCUT2D eigenvalue weighted by Crippen LogP contribution is 2.33. The van der Waals surface area contributed by atoms with Gasteiger partial charge in [0.05, 0.1) is 0 Å². The summed E-state index contributed by atoms with van der Waals surface area (Å²) >= 11 is 0. The minimum atomic E-state index is -1.09. The summed E-state index contributed by atoms with van der Waals surface area (Å²) in [6.07, 6.45) is 14.6. The molecule has 0 spiro atoms. The lowest BCUT2D eigenvalue weighted by atomic mass is 9.77. The maximum atomic E-state index is 10.8. The Morgan fingerprint density at radius 2 is 0.900 bits per heavy atom. The standard InChI is InChI=1S/C10H12O4.C6H12/c1-9(7(11)12)3-5-10(2,6-4-9)8(13)14;1-2-4-6-5-3-1/h3-6H,1-2H3,(H,11,12)(H,13,14);1-6H2. The fourth-order valence-corrected chi connectivity index (χ4v) is 2.15. The van der Waals surface area contributed by atoms with Gasteiger partial charge in [-0.05, 0) is 13.8 Å². The van der Waals surface area contributed by atoms with Crippen LogP contribution < -0.4 is 0 Å². The molecule has 2 rings (SSSR count). The van der Waals surface area contributed by atoms with E-state index in [1.165, 1.54) is 76.7 Å². The lowest BCUT2D eigenvalue weighted by Crippen LogP contribution is -2.31. The monoisotopic (exact) mass is 280 g/mol. The zero-order valence-corrected chi connectivity index (χ0v) is 12.3. The first kappa shape index (κ1) is 16.5. The second-order valence-electron chi connectivity index (χ2n) is 5.96. The Kier molecular flexibility index (Phi) is 5.54. The van der Waals surface area contributed by atoms with E-state index in [4.69, 9.17) is 10.2 Å². The van der Waals surface area contributed by atoms with E-state index in [1.807, 2.05) is 0 Å². The van der Waals surface area contributed by atoms with Crippen molar-refractivity contribution in [2.75, 3.05) is 0 Å². The molecule has 2 aliphatic carbocycles. The second kappa shape index (κ2) is 6.73. The van der Waals surface area contributed by atoms with E-state index >= 15 is 0 Å². The molecule has 0 aliphatic heterocycles. The molecular formula is C16H24O4. The third-order valence-corrected chi connectivity index (χ3v) is 3.97. The summed E-state index contributed by atoms with van der Waals surface area (Å²) in [5.74, 6) is -1.98. The van der Waals surface area contributed by atoms with Crippen molar-refractivity contribution >= 4 is 11.9 Å². The topological polar surface area (TPSA) is 74.6 Å². The van der Waals surface area contributed by atoms with Crippen LogP contribution in [0.3, 0.4) is 0 Å². The van der Waals surface area contributed by atoms with Crippen LogP contribution in [0.2, 0.25) is 0 Å². The van der Waals surface area contributed by atoms with Crippen molar-refractivity contribution in [1.82, 2.24) is 0 Å². The molecule has 4 nitrogen and oxygen atoms in total. The molecule has 0 atom stereocenters. The van der Waals surface area contributed by atoms with E-state index in [-0.39, 0.29) is 0 Å². The third kappa shape index (κ3) is 4.22. The summed E-state index contributed by atoms with van der Waals surface area (Å²) in [6.45, 7) is 3.04. The van der Waals surface area contributed by atoms with Crippen molar-refractivity contribution in [2.24, 2.45) is 10.8 Å². The molecule has 0 aromatic rings. The Labute approximate surface area is 120 Å². The Hall–Kier alpha value is -1.58. The predicted octanol–water partition coefficient (Wildman–Crippen LogP) is 3.63. The SMILES string of the molecule is C1CCCCC1.CC1(C(=O)O)C=CC(C)(C(=O)O)C=C1. The Morgan fingerprint density at radius 1 is 0.700 bits per heavy atom. The number of carboxylic acids is 2. The summed E-state index contributed by atoms with van der Waals surface area (Å²) in [6, 6.07) is 0. The molecule has 4 heteroatoms. The molecule has 112 valence electrons. The first-order valence-corrected chi connectivity index (χ1v) is 7.18. The number of rotatable bonds is 2. The van der Waals surface area contributed by atoms with Crippen molar-refractivity contribution < 1.29 is 19.8 Å². The molecule has 0 heterocycles. The fourth-order valence-electron chi connectivity index (χ4n) is 2.15. The van der Waals surface area contributed by atoms with Crippen LogP contribution in [0.5, 0.6) is 0 Å². The maximum absolute atomic E-state index is 10.8. The van der Waals surface area contributed by atoms with E-state index in [0.717, 1.165) is 0 Å². The van der Waals surface area contributed by atoms with Crippen LogP contribution in [0.4, 0.5) is 0 Å². The largest absolute Gasteiger partial charge is 0.480 e. The third-order valence-electron chi connectivity index (χ3n) is 3.97. The van der Waals surface area contributed by atoms with Gasteiger partial charge in [0.1, 0.15) is 10.8 Å². The number of hydrogen-bond donors (Lipinski definition) is 2. The van der Waals surface area contributed by atoms with Gasteiger partial charge in [0.2, 0.25) is 0 Å². The van der Waals surface area contributed by atoms with Gasteiger partial charge in [-0.1, -0.05) is 62.8 Å². The summed E-state index contributed by atoms with van der Waals surface area (Å²) in [5.41, 5.74) is -2.18. The summed E-state index contributed by atoms with van der Waals surface area (Å²) in [5, 5.41) is 17.7. The Bertz CT molecular complexity index is 359. The van der Waals surface area contributed by atoms with Crippen molar-refractivity contribution in [2.45, 2.75) is 52.4 Å². The van der Waals surface area contributed by atoms with Crippen molar-refractivity contribution in [3.63, 3.8) is 0 Å². The Balaban J connectivity index is 0.000000276. The highest BCUT2D eigenvalue weighted by molar-refractivity contribution is 5.84. The molecule has 0 saturated heterocycles. The zero-order chi connectivity index (χ0) is 15.2. The van der Waals surface area contributed by atoms with E-state index < -0.39 is 22.8 Å². The fraction of sp³-hybridized carbons (Fsp3) is 0.625. The molecule has 0 aromatic heterocycles. The molecule has 0 unspecified atom stereocenters. The normalized spacial score (nSPS) is 32.1. The molecule has 2 N–H and O–H groups in total. The maximum Gasteiger partial charge on any atom is 0.317 e. The second-order valence-corrected chi connectivity index (χ2v) is 5.96. The summed E-state index contributed by atoms with van der Waals surface area (Å²) in [4.78, 5) is 21.6. The molecule has 1 fully saturated rings. The average Bonchev–Trinajstić information content (AvgIpc) is 2.45. The van der Waals surface area contributed by atoms with Crippen molar-refractivity contribution in [3.8, 4) is 0 Å². The van der Waals surface area contributed by atoms with Gasteiger partial charge < -0.3 is 10.2 Å². The minimum absolute atomic E-state index is 0.988. The lowest BCUT2D eigenvalue weighted by molar-refractivity contribution is -0.145.